The second-order valence-corrected chi connectivity index (χ2v) is 11.2. The third kappa shape index (κ3) is 5.01. The summed E-state index contributed by atoms with van der Waals surface area (Å²) in [6.45, 7) is 4.24. The first-order valence-corrected chi connectivity index (χ1v) is 14.0. The quantitative estimate of drug-likeness (QED) is 0.449. The smallest absolute Gasteiger partial charge is 0.227 e. The number of hydrogen-bond acceptors (Lipinski definition) is 7. The van der Waals surface area contributed by atoms with Gasteiger partial charge in [0, 0.05) is 42.9 Å². The molecule has 192 valence electrons. The lowest BCUT2D eigenvalue weighted by Crippen LogP contribution is -2.39. The van der Waals surface area contributed by atoms with E-state index >= 15 is 0 Å². The molecule has 2 aromatic heterocycles. The molecule has 1 aromatic carbocycles. The lowest BCUT2D eigenvalue weighted by Gasteiger charge is -2.34. The third-order valence-corrected chi connectivity index (χ3v) is 8.45. The Bertz CT molecular complexity index is 1170. The SMILES string of the molecule is Cc1cccc(N2CCC(Nc3nc(NC4CCC(N)CC4)nc4c3ncn4C3CCCC3)CC2)c1. The number of nitrogens with zero attached hydrogens (tertiary/aromatic N) is 5. The minimum atomic E-state index is 0.332. The van der Waals surface area contributed by atoms with Gasteiger partial charge in [0.15, 0.2) is 17.0 Å². The van der Waals surface area contributed by atoms with Crippen LogP contribution in [0.2, 0.25) is 0 Å². The molecule has 0 spiro atoms. The molecule has 0 atom stereocenters. The van der Waals surface area contributed by atoms with Crippen molar-refractivity contribution < 1.29 is 0 Å². The van der Waals surface area contributed by atoms with Crippen LogP contribution in [-0.4, -0.2) is 50.7 Å². The Morgan fingerprint density at radius 1 is 0.889 bits per heavy atom. The fraction of sp³-hybridized carbons (Fsp3) is 0.607. The number of fused-ring (bicyclic) bond motifs is 1. The molecule has 36 heavy (non-hydrogen) atoms. The molecular weight excluding hydrogens is 448 g/mol. The molecule has 6 rings (SSSR count). The van der Waals surface area contributed by atoms with Crippen molar-refractivity contribution in [2.45, 2.75) is 95.3 Å². The number of anilines is 3. The molecule has 0 amide bonds. The van der Waals surface area contributed by atoms with E-state index in [4.69, 9.17) is 20.7 Å². The van der Waals surface area contributed by atoms with E-state index in [2.05, 4.69) is 51.3 Å². The fourth-order valence-electron chi connectivity index (χ4n) is 6.28. The Labute approximate surface area is 214 Å². The number of imidazole rings is 1. The molecule has 1 saturated heterocycles. The second-order valence-electron chi connectivity index (χ2n) is 11.2. The van der Waals surface area contributed by atoms with E-state index in [1.54, 1.807) is 0 Å². The van der Waals surface area contributed by atoms with E-state index in [1.807, 2.05) is 6.33 Å². The second kappa shape index (κ2) is 10.2. The van der Waals surface area contributed by atoms with Crippen LogP contribution in [0.5, 0.6) is 0 Å². The van der Waals surface area contributed by atoms with Crippen molar-refractivity contribution in [2.75, 3.05) is 28.6 Å². The van der Waals surface area contributed by atoms with Crippen LogP contribution in [0.3, 0.4) is 0 Å². The molecular formula is C28H40N8. The number of nitrogens with two attached hydrogens (primary N) is 1. The summed E-state index contributed by atoms with van der Waals surface area (Å²) >= 11 is 0. The van der Waals surface area contributed by atoms with Gasteiger partial charge < -0.3 is 25.8 Å². The first kappa shape index (κ1) is 23.5. The molecule has 3 fully saturated rings. The summed E-state index contributed by atoms with van der Waals surface area (Å²) in [5, 5.41) is 7.43. The van der Waals surface area contributed by atoms with Crippen LogP contribution in [0.25, 0.3) is 11.2 Å². The molecule has 3 aliphatic rings. The van der Waals surface area contributed by atoms with Crippen LogP contribution in [0.4, 0.5) is 17.5 Å². The number of benzene rings is 1. The zero-order valence-electron chi connectivity index (χ0n) is 21.5. The Hall–Kier alpha value is -2.87. The first-order valence-electron chi connectivity index (χ1n) is 14.0. The van der Waals surface area contributed by atoms with Gasteiger partial charge >= 0.3 is 0 Å². The number of aryl methyl sites for hydroxylation is 1. The normalized spacial score (nSPS) is 23.9. The fourth-order valence-corrected chi connectivity index (χ4v) is 6.28. The van der Waals surface area contributed by atoms with Gasteiger partial charge in [-0.3, -0.25) is 0 Å². The maximum atomic E-state index is 6.14. The molecule has 4 N–H and O–H groups in total. The van der Waals surface area contributed by atoms with Crippen LogP contribution in [0.15, 0.2) is 30.6 Å². The number of nitrogens with one attached hydrogen (secondary N) is 2. The summed E-state index contributed by atoms with van der Waals surface area (Å²) in [5.41, 5.74) is 10.6. The molecule has 2 aliphatic carbocycles. The van der Waals surface area contributed by atoms with Gasteiger partial charge in [-0.1, -0.05) is 25.0 Å². The van der Waals surface area contributed by atoms with Gasteiger partial charge in [-0.05, 0) is 76.0 Å². The van der Waals surface area contributed by atoms with E-state index in [9.17, 15) is 0 Å². The molecule has 0 bridgehead atoms. The van der Waals surface area contributed by atoms with Crippen molar-refractivity contribution in [1.29, 1.82) is 0 Å². The van der Waals surface area contributed by atoms with Gasteiger partial charge in [0.25, 0.3) is 0 Å². The van der Waals surface area contributed by atoms with Gasteiger partial charge in [0.2, 0.25) is 5.95 Å². The van der Waals surface area contributed by atoms with E-state index in [1.165, 1.54) is 36.9 Å². The summed E-state index contributed by atoms with van der Waals surface area (Å²) in [7, 11) is 0. The molecule has 8 nitrogen and oxygen atoms in total. The van der Waals surface area contributed by atoms with Gasteiger partial charge in [-0.15, -0.1) is 0 Å². The van der Waals surface area contributed by atoms with Crippen LogP contribution < -0.4 is 21.3 Å². The minimum Gasteiger partial charge on any atom is -0.371 e. The van der Waals surface area contributed by atoms with Crippen LogP contribution >= 0.6 is 0 Å². The Morgan fingerprint density at radius 3 is 2.39 bits per heavy atom. The summed E-state index contributed by atoms with van der Waals surface area (Å²) < 4.78 is 2.30. The molecule has 3 aromatic rings. The van der Waals surface area contributed by atoms with Crippen LogP contribution in [0.1, 0.15) is 75.8 Å². The average molecular weight is 489 g/mol. The van der Waals surface area contributed by atoms with Gasteiger partial charge in [0.1, 0.15) is 0 Å². The molecule has 0 radical (unpaired) electrons. The number of aromatic nitrogens is 4. The van der Waals surface area contributed by atoms with Crippen LogP contribution in [-0.2, 0) is 0 Å². The molecule has 0 unspecified atom stereocenters. The Morgan fingerprint density at radius 2 is 1.64 bits per heavy atom. The maximum absolute atomic E-state index is 6.14. The lowest BCUT2D eigenvalue weighted by atomic mass is 9.92. The largest absolute Gasteiger partial charge is 0.371 e. The maximum Gasteiger partial charge on any atom is 0.227 e. The van der Waals surface area contributed by atoms with Gasteiger partial charge in [-0.25, -0.2) is 4.98 Å². The van der Waals surface area contributed by atoms with Crippen molar-refractivity contribution >= 4 is 28.6 Å². The van der Waals surface area contributed by atoms with Gasteiger partial charge in [-0.2, -0.15) is 9.97 Å². The highest BCUT2D eigenvalue weighted by atomic mass is 15.2. The van der Waals surface area contributed by atoms with Crippen molar-refractivity contribution in [2.24, 2.45) is 5.73 Å². The predicted molar refractivity (Wildman–Crippen MR) is 147 cm³/mol. The summed E-state index contributed by atoms with van der Waals surface area (Å²) in [6, 6.07) is 10.4. The topological polar surface area (TPSA) is 96.9 Å². The van der Waals surface area contributed by atoms with Crippen molar-refractivity contribution in [3.8, 4) is 0 Å². The van der Waals surface area contributed by atoms with E-state index in [-0.39, 0.29) is 0 Å². The molecule has 3 heterocycles. The highest BCUT2D eigenvalue weighted by Crippen LogP contribution is 2.34. The van der Waals surface area contributed by atoms with E-state index in [0.29, 0.717) is 24.2 Å². The number of hydrogen-bond donors (Lipinski definition) is 3. The van der Waals surface area contributed by atoms with Crippen molar-refractivity contribution in [3.63, 3.8) is 0 Å². The lowest BCUT2D eigenvalue weighted by molar-refractivity contribution is 0.410. The molecule has 8 heteroatoms. The van der Waals surface area contributed by atoms with Crippen molar-refractivity contribution in [1.82, 2.24) is 19.5 Å². The Kier molecular flexibility index (Phi) is 6.69. The number of piperidine rings is 1. The predicted octanol–water partition coefficient (Wildman–Crippen LogP) is 5.01. The summed E-state index contributed by atoms with van der Waals surface area (Å²) in [6.07, 6.45) is 13.4. The third-order valence-electron chi connectivity index (χ3n) is 8.45. The van der Waals surface area contributed by atoms with Gasteiger partial charge in [0.05, 0.1) is 6.33 Å². The highest BCUT2D eigenvalue weighted by molar-refractivity contribution is 5.84. The Balaban J connectivity index is 1.22. The monoisotopic (exact) mass is 488 g/mol. The summed E-state index contributed by atoms with van der Waals surface area (Å²) in [4.78, 5) is 17.3. The average Bonchev–Trinajstić information content (AvgIpc) is 3.56. The van der Waals surface area contributed by atoms with Crippen molar-refractivity contribution in [3.05, 3.63) is 36.2 Å². The molecule has 1 aliphatic heterocycles. The van der Waals surface area contributed by atoms with Crippen LogP contribution in [0, 0.1) is 6.92 Å². The first-order chi connectivity index (χ1) is 17.6. The summed E-state index contributed by atoms with van der Waals surface area (Å²) in [5.74, 6) is 1.60. The minimum absolute atomic E-state index is 0.332. The number of rotatable bonds is 6. The van der Waals surface area contributed by atoms with E-state index < -0.39 is 0 Å². The highest BCUT2D eigenvalue weighted by Gasteiger charge is 2.26. The molecule has 2 saturated carbocycles. The standard InChI is InChI=1S/C28H40N8/c1-19-5-4-8-24(17-19)35-15-13-22(14-16-35)31-26-25-27(36(18-30-25)23-6-2-3-7-23)34-28(33-26)32-21-11-9-20(29)10-12-21/h4-5,8,17-18,20-23H,2-3,6-7,9-16,29H2,1H3,(H2,31,32,33,34). The zero-order valence-corrected chi connectivity index (χ0v) is 21.5. The zero-order chi connectivity index (χ0) is 24.5. The van der Waals surface area contributed by atoms with E-state index in [0.717, 1.165) is 74.5 Å².